The minimum atomic E-state index is -3.88. The molecule has 39 heavy (non-hydrogen) atoms. The molecule has 1 fully saturated rings. The minimum Gasteiger partial charge on any atom is -0.486 e. The van der Waals surface area contributed by atoms with E-state index >= 15 is 0 Å². The Labute approximate surface area is 239 Å². The predicted octanol–water partition coefficient (Wildman–Crippen LogP) is 4.40. The van der Waals surface area contributed by atoms with Gasteiger partial charge in [0.15, 0.2) is 11.5 Å². The van der Waals surface area contributed by atoms with Gasteiger partial charge in [-0.25, -0.2) is 8.42 Å². The molecule has 1 heterocycles. The Kier molecular flexibility index (Phi) is 9.51. The highest BCUT2D eigenvalue weighted by Gasteiger charge is 2.33. The van der Waals surface area contributed by atoms with Gasteiger partial charge in [-0.1, -0.05) is 49.0 Å². The topological polar surface area (TPSA) is 105 Å². The normalized spacial score (nSPS) is 16.0. The van der Waals surface area contributed by atoms with Gasteiger partial charge in [0.05, 0.1) is 22.0 Å². The van der Waals surface area contributed by atoms with Crippen LogP contribution >= 0.6 is 23.2 Å². The van der Waals surface area contributed by atoms with Gasteiger partial charge in [0, 0.05) is 18.7 Å². The lowest BCUT2D eigenvalue weighted by Crippen LogP contribution is -2.53. The molecule has 1 N–H and O–H groups in total. The molecule has 2 aliphatic rings. The quantitative estimate of drug-likeness (QED) is 0.435. The number of benzene rings is 2. The smallest absolute Gasteiger partial charge is 0.244 e. The molecule has 1 aliphatic heterocycles. The van der Waals surface area contributed by atoms with Crippen LogP contribution in [-0.4, -0.2) is 63.2 Å². The summed E-state index contributed by atoms with van der Waals surface area (Å²) in [5, 5.41) is 3.76. The first-order chi connectivity index (χ1) is 18.6. The molecule has 1 aliphatic carbocycles. The van der Waals surface area contributed by atoms with Gasteiger partial charge in [0.2, 0.25) is 21.8 Å². The van der Waals surface area contributed by atoms with Crippen LogP contribution in [0.5, 0.6) is 11.5 Å². The number of carbonyl (C=O) groups is 2. The predicted molar refractivity (Wildman–Crippen MR) is 151 cm³/mol. The summed E-state index contributed by atoms with van der Waals surface area (Å²) in [6.07, 6.45) is 5.27. The maximum absolute atomic E-state index is 13.9. The fourth-order valence-corrected chi connectivity index (χ4v) is 6.08. The van der Waals surface area contributed by atoms with E-state index in [1.807, 2.05) is 6.92 Å². The van der Waals surface area contributed by atoms with E-state index < -0.39 is 28.5 Å². The van der Waals surface area contributed by atoms with Crippen LogP contribution < -0.4 is 19.1 Å². The third kappa shape index (κ3) is 7.29. The van der Waals surface area contributed by atoms with E-state index in [0.717, 1.165) is 36.2 Å². The van der Waals surface area contributed by atoms with Crippen molar-refractivity contribution < 1.29 is 27.5 Å². The first-order valence-electron chi connectivity index (χ1n) is 13.0. The van der Waals surface area contributed by atoms with Gasteiger partial charge in [-0.3, -0.25) is 13.9 Å². The van der Waals surface area contributed by atoms with Crippen LogP contribution in [0.25, 0.3) is 0 Å². The molecule has 0 bridgehead atoms. The number of carbonyl (C=O) groups excluding carboxylic acids is 2. The SMILES string of the molecule is CC[C@H](C(=O)NC1CCCC1)N(Cc1ccc(Cl)c(Cl)c1)C(=O)CN(c1ccc2c(c1)OCCO2)S(C)(=O)=O. The summed E-state index contributed by atoms with van der Waals surface area (Å²) in [5.41, 5.74) is 0.920. The molecule has 2 aromatic rings. The van der Waals surface area contributed by atoms with Gasteiger partial charge >= 0.3 is 0 Å². The largest absolute Gasteiger partial charge is 0.486 e. The lowest BCUT2D eigenvalue weighted by molar-refractivity contribution is -0.140. The van der Waals surface area contributed by atoms with Crippen molar-refractivity contribution in [3.63, 3.8) is 0 Å². The number of hydrogen-bond acceptors (Lipinski definition) is 6. The fourth-order valence-electron chi connectivity index (χ4n) is 4.92. The Bertz CT molecular complexity index is 1320. The molecule has 0 aromatic heterocycles. The molecule has 4 rings (SSSR count). The Balaban J connectivity index is 1.64. The van der Waals surface area contributed by atoms with Crippen LogP contribution in [0.15, 0.2) is 36.4 Å². The number of sulfonamides is 1. The average Bonchev–Trinajstić information content (AvgIpc) is 3.41. The zero-order valence-electron chi connectivity index (χ0n) is 22.0. The van der Waals surface area contributed by atoms with Crippen molar-refractivity contribution >= 4 is 50.7 Å². The number of rotatable bonds is 10. The molecule has 0 unspecified atom stereocenters. The van der Waals surface area contributed by atoms with Crippen molar-refractivity contribution in [1.82, 2.24) is 10.2 Å². The average molecular weight is 599 g/mol. The number of amides is 2. The lowest BCUT2D eigenvalue weighted by Gasteiger charge is -2.33. The zero-order valence-corrected chi connectivity index (χ0v) is 24.3. The summed E-state index contributed by atoms with van der Waals surface area (Å²) in [6, 6.07) is 8.97. The first-order valence-corrected chi connectivity index (χ1v) is 15.6. The summed E-state index contributed by atoms with van der Waals surface area (Å²) in [5.74, 6) is 0.105. The van der Waals surface area contributed by atoms with E-state index in [1.165, 1.54) is 11.0 Å². The molecule has 0 spiro atoms. The Morgan fingerprint density at radius 3 is 2.36 bits per heavy atom. The summed E-state index contributed by atoms with van der Waals surface area (Å²) in [7, 11) is -3.88. The maximum atomic E-state index is 13.9. The Morgan fingerprint density at radius 2 is 1.72 bits per heavy atom. The van der Waals surface area contributed by atoms with Gasteiger partial charge in [-0.2, -0.15) is 0 Å². The number of fused-ring (bicyclic) bond motifs is 1. The van der Waals surface area contributed by atoms with Crippen LogP contribution in [0.3, 0.4) is 0 Å². The van der Waals surface area contributed by atoms with E-state index in [0.29, 0.717) is 46.7 Å². The molecule has 0 radical (unpaired) electrons. The number of nitrogens with one attached hydrogen (secondary N) is 1. The second-order valence-electron chi connectivity index (χ2n) is 9.78. The van der Waals surface area contributed by atoms with Crippen LogP contribution in [0.4, 0.5) is 5.69 Å². The minimum absolute atomic E-state index is 0.0467. The highest BCUT2D eigenvalue weighted by Crippen LogP contribution is 2.35. The van der Waals surface area contributed by atoms with E-state index in [9.17, 15) is 18.0 Å². The molecule has 2 aromatic carbocycles. The van der Waals surface area contributed by atoms with Crippen LogP contribution in [0, 0.1) is 0 Å². The monoisotopic (exact) mass is 597 g/mol. The van der Waals surface area contributed by atoms with Gasteiger partial charge in [0.25, 0.3) is 0 Å². The van der Waals surface area contributed by atoms with Gasteiger partial charge in [0.1, 0.15) is 25.8 Å². The van der Waals surface area contributed by atoms with Gasteiger partial charge < -0.3 is 19.7 Å². The summed E-state index contributed by atoms with van der Waals surface area (Å²) >= 11 is 12.3. The lowest BCUT2D eigenvalue weighted by atomic mass is 10.1. The molecule has 0 saturated heterocycles. The van der Waals surface area contributed by atoms with Crippen LogP contribution in [0.2, 0.25) is 10.0 Å². The molecule has 9 nitrogen and oxygen atoms in total. The fraction of sp³-hybridized carbons (Fsp3) is 0.481. The first kappa shape index (κ1) is 29.3. The van der Waals surface area contributed by atoms with E-state index in [-0.39, 0.29) is 24.2 Å². The number of hydrogen-bond donors (Lipinski definition) is 1. The van der Waals surface area contributed by atoms with Crippen LogP contribution in [0.1, 0.15) is 44.6 Å². The number of anilines is 1. The van der Waals surface area contributed by atoms with Crippen LogP contribution in [-0.2, 0) is 26.2 Å². The molecule has 2 amide bonds. The molecule has 1 atom stereocenters. The second-order valence-corrected chi connectivity index (χ2v) is 12.5. The maximum Gasteiger partial charge on any atom is 0.244 e. The number of nitrogens with zero attached hydrogens (tertiary/aromatic N) is 2. The van der Waals surface area contributed by atoms with Crippen molar-refractivity contribution in [2.24, 2.45) is 0 Å². The second kappa shape index (κ2) is 12.7. The standard InChI is InChI=1S/C27H33Cl2N3O6S/c1-3-23(27(34)30-19-6-4-5-7-19)31(16-18-8-10-21(28)22(29)14-18)26(33)17-32(39(2,35)36)20-9-11-24-25(15-20)38-13-12-37-24/h8-11,14-15,19,23H,3-7,12-13,16-17H2,1-2H3,(H,30,34)/t23-/m1/s1. The van der Waals surface area contributed by atoms with Crippen molar-refractivity contribution in [3.8, 4) is 11.5 Å². The molecular formula is C27H33Cl2N3O6S. The highest BCUT2D eigenvalue weighted by molar-refractivity contribution is 7.92. The van der Waals surface area contributed by atoms with Gasteiger partial charge in [-0.05, 0) is 49.1 Å². The van der Waals surface area contributed by atoms with E-state index in [2.05, 4.69) is 5.32 Å². The third-order valence-electron chi connectivity index (χ3n) is 6.92. The zero-order chi connectivity index (χ0) is 28.2. The molecule has 12 heteroatoms. The van der Waals surface area contributed by atoms with E-state index in [4.69, 9.17) is 32.7 Å². The van der Waals surface area contributed by atoms with Crippen molar-refractivity contribution in [2.75, 3.05) is 30.3 Å². The number of halogens is 2. The summed E-state index contributed by atoms with van der Waals surface area (Å²) in [4.78, 5) is 28.7. The molecule has 212 valence electrons. The van der Waals surface area contributed by atoms with Crippen molar-refractivity contribution in [2.45, 2.75) is 57.7 Å². The summed E-state index contributed by atoms with van der Waals surface area (Å²) in [6.45, 7) is 2.09. The molecular weight excluding hydrogens is 565 g/mol. The number of ether oxygens (including phenoxy) is 2. The Hall–Kier alpha value is -2.69. The molecule has 1 saturated carbocycles. The Morgan fingerprint density at radius 1 is 1.03 bits per heavy atom. The van der Waals surface area contributed by atoms with E-state index in [1.54, 1.807) is 30.3 Å². The highest BCUT2D eigenvalue weighted by atomic mass is 35.5. The van der Waals surface area contributed by atoms with Crippen molar-refractivity contribution in [1.29, 1.82) is 0 Å². The van der Waals surface area contributed by atoms with Crippen molar-refractivity contribution in [3.05, 3.63) is 52.0 Å². The van der Waals surface area contributed by atoms with Gasteiger partial charge in [-0.15, -0.1) is 0 Å². The summed E-state index contributed by atoms with van der Waals surface area (Å²) < 4.78 is 37.9. The third-order valence-corrected chi connectivity index (χ3v) is 8.80.